The maximum absolute atomic E-state index is 12.7. The van der Waals surface area contributed by atoms with Crippen LogP contribution in [0.15, 0.2) is 24.3 Å². The quantitative estimate of drug-likeness (QED) is 0.858. The number of nitrogens with one attached hydrogen (secondary N) is 1. The number of rotatable bonds is 6. The summed E-state index contributed by atoms with van der Waals surface area (Å²) in [4.78, 5) is 17.4. The first-order valence-corrected chi connectivity index (χ1v) is 9.05. The molecule has 0 aromatic heterocycles. The van der Waals surface area contributed by atoms with Crippen LogP contribution in [0.4, 0.5) is 0 Å². The van der Waals surface area contributed by atoms with Gasteiger partial charge in [-0.05, 0) is 50.4 Å². The van der Waals surface area contributed by atoms with Crippen LogP contribution in [0, 0.1) is 0 Å². The second-order valence-electron chi connectivity index (χ2n) is 7.00. The molecule has 5 heteroatoms. The van der Waals surface area contributed by atoms with E-state index in [1.807, 2.05) is 12.1 Å². The SMILES string of the molecule is COc1ccc(CC[C@@H](C)NC(=O)[C@H]2CN3CCCN2CC3)cc1. The van der Waals surface area contributed by atoms with Crippen molar-refractivity contribution in [2.75, 3.05) is 39.8 Å². The minimum Gasteiger partial charge on any atom is -0.497 e. The number of amides is 1. The van der Waals surface area contributed by atoms with Crippen molar-refractivity contribution in [3.8, 4) is 5.75 Å². The minimum absolute atomic E-state index is 0.0321. The minimum atomic E-state index is 0.0321. The van der Waals surface area contributed by atoms with Crippen molar-refractivity contribution >= 4 is 5.91 Å². The maximum atomic E-state index is 12.7. The molecular formula is C19H29N3O2. The van der Waals surface area contributed by atoms with Crippen molar-refractivity contribution in [1.82, 2.24) is 15.1 Å². The normalized spacial score (nSPS) is 27.3. The lowest BCUT2D eigenvalue weighted by molar-refractivity contribution is -0.128. The molecule has 1 aromatic rings. The number of hydrogen-bond acceptors (Lipinski definition) is 4. The van der Waals surface area contributed by atoms with E-state index in [1.165, 1.54) is 12.0 Å². The van der Waals surface area contributed by atoms with Gasteiger partial charge in [0.1, 0.15) is 11.8 Å². The van der Waals surface area contributed by atoms with Gasteiger partial charge in [-0.3, -0.25) is 14.6 Å². The number of ether oxygens (including phenoxy) is 1. The highest BCUT2D eigenvalue weighted by atomic mass is 16.5. The van der Waals surface area contributed by atoms with Crippen LogP contribution in [0.3, 0.4) is 0 Å². The second-order valence-corrected chi connectivity index (χ2v) is 7.00. The van der Waals surface area contributed by atoms with E-state index in [9.17, 15) is 4.79 Å². The molecule has 1 amide bonds. The topological polar surface area (TPSA) is 44.8 Å². The Bertz CT molecular complexity index is 542. The van der Waals surface area contributed by atoms with Crippen molar-refractivity contribution in [3.63, 3.8) is 0 Å². The molecule has 3 fully saturated rings. The van der Waals surface area contributed by atoms with Crippen LogP contribution in [0.2, 0.25) is 0 Å². The van der Waals surface area contributed by atoms with E-state index in [4.69, 9.17) is 4.74 Å². The van der Waals surface area contributed by atoms with Gasteiger partial charge in [0.2, 0.25) is 5.91 Å². The Hall–Kier alpha value is -1.59. The molecule has 0 spiro atoms. The smallest absolute Gasteiger partial charge is 0.238 e. The summed E-state index contributed by atoms with van der Waals surface area (Å²) in [7, 11) is 1.68. The first-order valence-electron chi connectivity index (χ1n) is 9.05. The molecule has 3 aliphatic rings. The highest BCUT2D eigenvalue weighted by molar-refractivity contribution is 5.82. The van der Waals surface area contributed by atoms with E-state index in [0.29, 0.717) is 0 Å². The summed E-state index contributed by atoms with van der Waals surface area (Å²) in [6, 6.07) is 8.39. The summed E-state index contributed by atoms with van der Waals surface area (Å²) in [5.74, 6) is 1.08. The van der Waals surface area contributed by atoms with E-state index in [2.05, 4.69) is 34.2 Å². The molecule has 1 aromatic carbocycles. The summed E-state index contributed by atoms with van der Waals surface area (Å²) < 4.78 is 5.18. The third-order valence-corrected chi connectivity index (χ3v) is 5.21. The number of fused-ring (bicyclic) bond motifs is 4. The van der Waals surface area contributed by atoms with Crippen LogP contribution in [0.1, 0.15) is 25.3 Å². The molecule has 1 N–H and O–H groups in total. The van der Waals surface area contributed by atoms with Crippen molar-refractivity contribution in [2.45, 2.75) is 38.3 Å². The Labute approximate surface area is 145 Å². The van der Waals surface area contributed by atoms with Gasteiger partial charge in [-0.25, -0.2) is 0 Å². The van der Waals surface area contributed by atoms with Gasteiger partial charge in [-0.1, -0.05) is 12.1 Å². The predicted octanol–water partition coefficient (Wildman–Crippen LogP) is 1.52. The van der Waals surface area contributed by atoms with Gasteiger partial charge in [0.05, 0.1) is 7.11 Å². The van der Waals surface area contributed by atoms with E-state index in [1.54, 1.807) is 7.11 Å². The zero-order valence-corrected chi connectivity index (χ0v) is 14.8. The molecule has 3 heterocycles. The molecule has 0 radical (unpaired) electrons. The predicted molar refractivity (Wildman–Crippen MR) is 95.3 cm³/mol. The second kappa shape index (κ2) is 7.99. The van der Waals surface area contributed by atoms with E-state index in [0.717, 1.165) is 51.3 Å². The van der Waals surface area contributed by atoms with Gasteiger partial charge < -0.3 is 10.1 Å². The lowest BCUT2D eigenvalue weighted by Crippen LogP contribution is -2.57. The van der Waals surface area contributed by atoms with Gasteiger partial charge in [-0.2, -0.15) is 0 Å². The van der Waals surface area contributed by atoms with Gasteiger partial charge >= 0.3 is 0 Å². The highest BCUT2D eigenvalue weighted by Gasteiger charge is 2.34. The number of aryl methyl sites for hydroxylation is 1. The third kappa shape index (κ3) is 4.28. The summed E-state index contributed by atoms with van der Waals surface area (Å²) in [5, 5.41) is 3.22. The van der Waals surface area contributed by atoms with Crippen LogP contribution >= 0.6 is 0 Å². The first-order chi connectivity index (χ1) is 11.7. The number of piperazine rings is 1. The Balaban J connectivity index is 1.47. The zero-order chi connectivity index (χ0) is 16.9. The molecule has 0 saturated carbocycles. The summed E-state index contributed by atoms with van der Waals surface area (Å²) >= 11 is 0. The fourth-order valence-electron chi connectivity index (χ4n) is 3.68. The largest absolute Gasteiger partial charge is 0.497 e. The van der Waals surface area contributed by atoms with Gasteiger partial charge in [0.15, 0.2) is 0 Å². The molecule has 2 unspecified atom stereocenters. The standard InChI is InChI=1S/C19H29N3O2/c1-15(4-5-16-6-8-17(24-2)9-7-16)20-19(23)18-14-21-10-3-11-22(18)13-12-21/h6-9,15,18H,3-5,10-14H2,1-2H3,(H,20,23)/t15-,18-/m1/s1. The van der Waals surface area contributed by atoms with Crippen LogP contribution in [0.25, 0.3) is 0 Å². The Kier molecular flexibility index (Phi) is 5.74. The molecule has 3 saturated heterocycles. The molecule has 2 bridgehead atoms. The zero-order valence-electron chi connectivity index (χ0n) is 14.8. The number of hydrogen-bond donors (Lipinski definition) is 1. The van der Waals surface area contributed by atoms with Crippen LogP contribution < -0.4 is 10.1 Å². The molecule has 132 valence electrons. The third-order valence-electron chi connectivity index (χ3n) is 5.21. The van der Waals surface area contributed by atoms with Gasteiger partial charge in [0, 0.05) is 32.2 Å². The Morgan fingerprint density at radius 2 is 2.04 bits per heavy atom. The molecule has 4 rings (SSSR count). The van der Waals surface area contributed by atoms with E-state index >= 15 is 0 Å². The number of nitrogens with zero attached hydrogens (tertiary/aromatic N) is 2. The highest BCUT2D eigenvalue weighted by Crippen LogP contribution is 2.16. The summed E-state index contributed by atoms with van der Waals surface area (Å²) in [5.41, 5.74) is 1.28. The van der Waals surface area contributed by atoms with Gasteiger partial charge in [-0.15, -0.1) is 0 Å². The van der Waals surface area contributed by atoms with E-state index in [-0.39, 0.29) is 18.0 Å². The Morgan fingerprint density at radius 1 is 1.25 bits per heavy atom. The number of methoxy groups -OCH3 is 1. The Morgan fingerprint density at radius 3 is 2.79 bits per heavy atom. The van der Waals surface area contributed by atoms with Crippen molar-refractivity contribution < 1.29 is 9.53 Å². The fraction of sp³-hybridized carbons (Fsp3) is 0.632. The number of carbonyl (C=O) groups is 1. The molecular weight excluding hydrogens is 302 g/mol. The van der Waals surface area contributed by atoms with Crippen molar-refractivity contribution in [3.05, 3.63) is 29.8 Å². The van der Waals surface area contributed by atoms with Crippen LogP contribution in [-0.2, 0) is 11.2 Å². The lowest BCUT2D eigenvalue weighted by atomic mass is 10.1. The average molecular weight is 331 g/mol. The summed E-state index contributed by atoms with van der Waals surface area (Å²) in [6.45, 7) is 7.31. The molecule has 3 aliphatic heterocycles. The number of carbonyl (C=O) groups excluding carboxylic acids is 1. The molecule has 0 aliphatic carbocycles. The first kappa shape index (κ1) is 17.2. The van der Waals surface area contributed by atoms with Crippen LogP contribution in [-0.4, -0.2) is 67.6 Å². The fourth-order valence-corrected chi connectivity index (χ4v) is 3.68. The van der Waals surface area contributed by atoms with Crippen LogP contribution in [0.5, 0.6) is 5.75 Å². The van der Waals surface area contributed by atoms with Gasteiger partial charge in [0.25, 0.3) is 0 Å². The maximum Gasteiger partial charge on any atom is 0.238 e. The molecule has 24 heavy (non-hydrogen) atoms. The lowest BCUT2D eigenvalue weighted by Gasteiger charge is -2.37. The van der Waals surface area contributed by atoms with E-state index < -0.39 is 0 Å². The average Bonchev–Trinajstić information content (AvgIpc) is 2.96. The number of benzene rings is 1. The molecule has 5 nitrogen and oxygen atoms in total. The molecule has 4 atom stereocenters. The summed E-state index contributed by atoms with van der Waals surface area (Å²) in [6.07, 6.45) is 3.09. The van der Waals surface area contributed by atoms with Crippen molar-refractivity contribution in [2.24, 2.45) is 0 Å². The monoisotopic (exact) mass is 331 g/mol. The van der Waals surface area contributed by atoms with Crippen molar-refractivity contribution in [1.29, 1.82) is 0 Å².